The third-order valence-corrected chi connectivity index (χ3v) is 7.55. The van der Waals surface area contributed by atoms with Crippen molar-refractivity contribution in [2.75, 3.05) is 24.2 Å². The van der Waals surface area contributed by atoms with Crippen molar-refractivity contribution in [2.24, 2.45) is 5.92 Å². The van der Waals surface area contributed by atoms with E-state index in [0.29, 0.717) is 24.4 Å². The van der Waals surface area contributed by atoms with Gasteiger partial charge in [0.15, 0.2) is 9.84 Å². The van der Waals surface area contributed by atoms with Crippen molar-refractivity contribution in [3.63, 3.8) is 0 Å². The highest BCUT2D eigenvalue weighted by molar-refractivity contribution is 7.92. The van der Waals surface area contributed by atoms with E-state index in [2.05, 4.69) is 10.6 Å². The van der Waals surface area contributed by atoms with Gasteiger partial charge in [0.1, 0.15) is 5.75 Å². The van der Waals surface area contributed by atoms with Gasteiger partial charge < -0.3 is 15.4 Å². The van der Waals surface area contributed by atoms with Crippen molar-refractivity contribution in [2.45, 2.75) is 50.2 Å². The fourth-order valence-electron chi connectivity index (χ4n) is 3.67. The second-order valence-electron chi connectivity index (χ2n) is 7.31. The molecule has 2 amide bonds. The van der Waals surface area contributed by atoms with Gasteiger partial charge in [0.25, 0.3) is 0 Å². The summed E-state index contributed by atoms with van der Waals surface area (Å²) in [6.45, 7) is 0.917. The maximum absolute atomic E-state index is 11.9. The number of sulfone groups is 1. The molecule has 1 saturated heterocycles. The number of carbonyl (C=O) groups is 1. The maximum Gasteiger partial charge on any atom is 0.319 e. The van der Waals surface area contributed by atoms with E-state index < -0.39 is 15.1 Å². The molecule has 3 rings (SSSR count). The molecule has 7 heteroatoms. The van der Waals surface area contributed by atoms with E-state index in [9.17, 15) is 13.2 Å². The van der Waals surface area contributed by atoms with Gasteiger partial charge in [-0.05, 0) is 55.9 Å². The molecule has 0 radical (unpaired) electrons. The second-order valence-corrected chi connectivity index (χ2v) is 9.71. The van der Waals surface area contributed by atoms with Gasteiger partial charge in [-0.25, -0.2) is 13.2 Å². The van der Waals surface area contributed by atoms with E-state index >= 15 is 0 Å². The summed E-state index contributed by atoms with van der Waals surface area (Å²) in [5, 5.41) is 4.92. The van der Waals surface area contributed by atoms with Crippen molar-refractivity contribution in [1.82, 2.24) is 5.32 Å². The Morgan fingerprint density at radius 1 is 1.04 bits per heavy atom. The fraction of sp³-hybridized carbons (Fsp3) is 0.632. The lowest BCUT2D eigenvalue weighted by Gasteiger charge is -2.21. The summed E-state index contributed by atoms with van der Waals surface area (Å²) in [6.07, 6.45) is 7.73. The van der Waals surface area contributed by atoms with Gasteiger partial charge in [-0.3, -0.25) is 0 Å². The average molecular weight is 381 g/mol. The van der Waals surface area contributed by atoms with Crippen LogP contribution in [0.3, 0.4) is 0 Å². The standard InChI is InChI=1S/C19H28N2O4S/c22-19(20-13-18-7-4-12-26(18,23)24)21-16-8-10-17(11-9-16)25-14-15-5-2-1-3-6-15/h8-11,15,18H,1-7,12-14H2,(H2,20,21,22). The number of ether oxygens (including phenoxy) is 1. The third-order valence-electron chi connectivity index (χ3n) is 5.28. The maximum atomic E-state index is 11.9. The van der Waals surface area contributed by atoms with Crippen LogP contribution < -0.4 is 15.4 Å². The van der Waals surface area contributed by atoms with E-state index in [1.807, 2.05) is 12.1 Å². The summed E-state index contributed by atoms with van der Waals surface area (Å²) >= 11 is 0. The molecular weight excluding hydrogens is 352 g/mol. The first-order valence-electron chi connectivity index (χ1n) is 9.52. The minimum Gasteiger partial charge on any atom is -0.493 e. The van der Waals surface area contributed by atoms with Gasteiger partial charge in [0.05, 0.1) is 17.6 Å². The Hall–Kier alpha value is -1.76. The lowest BCUT2D eigenvalue weighted by Crippen LogP contribution is -2.37. The number of benzene rings is 1. The third kappa shape index (κ3) is 5.37. The van der Waals surface area contributed by atoms with E-state index in [0.717, 1.165) is 12.4 Å². The molecule has 1 heterocycles. The van der Waals surface area contributed by atoms with Crippen LogP contribution in [0.15, 0.2) is 24.3 Å². The highest BCUT2D eigenvalue weighted by Crippen LogP contribution is 2.25. The smallest absolute Gasteiger partial charge is 0.319 e. The number of hydrogen-bond donors (Lipinski definition) is 2. The van der Waals surface area contributed by atoms with Crippen LogP contribution in [0.5, 0.6) is 5.75 Å². The van der Waals surface area contributed by atoms with E-state index in [4.69, 9.17) is 4.74 Å². The lowest BCUT2D eigenvalue weighted by atomic mass is 9.90. The summed E-state index contributed by atoms with van der Waals surface area (Å²) < 4.78 is 29.4. The topological polar surface area (TPSA) is 84.5 Å². The first-order valence-corrected chi connectivity index (χ1v) is 11.2. The molecule has 144 valence electrons. The zero-order valence-electron chi connectivity index (χ0n) is 15.1. The highest BCUT2D eigenvalue weighted by atomic mass is 32.2. The van der Waals surface area contributed by atoms with Crippen molar-refractivity contribution in [3.05, 3.63) is 24.3 Å². The summed E-state index contributed by atoms with van der Waals surface area (Å²) in [5.74, 6) is 1.68. The first kappa shape index (κ1) is 19.0. The number of urea groups is 1. The number of rotatable bonds is 6. The molecule has 1 saturated carbocycles. The second kappa shape index (κ2) is 8.75. The van der Waals surface area contributed by atoms with Crippen LogP contribution in [0.2, 0.25) is 0 Å². The molecule has 26 heavy (non-hydrogen) atoms. The average Bonchev–Trinajstić information content (AvgIpc) is 2.98. The van der Waals surface area contributed by atoms with Crippen molar-refractivity contribution in [1.29, 1.82) is 0 Å². The van der Waals surface area contributed by atoms with E-state index in [1.165, 1.54) is 32.1 Å². The Morgan fingerprint density at radius 3 is 2.42 bits per heavy atom. The molecule has 0 spiro atoms. The van der Waals surface area contributed by atoms with Crippen molar-refractivity contribution in [3.8, 4) is 5.75 Å². The number of amides is 2. The van der Waals surface area contributed by atoms with Crippen LogP contribution in [0.25, 0.3) is 0 Å². The number of hydrogen-bond acceptors (Lipinski definition) is 4. The van der Waals surface area contributed by atoms with E-state index in [-0.39, 0.29) is 18.3 Å². The normalized spacial score (nSPS) is 22.7. The lowest BCUT2D eigenvalue weighted by molar-refractivity contribution is 0.209. The van der Waals surface area contributed by atoms with Crippen LogP contribution in [0.1, 0.15) is 44.9 Å². The highest BCUT2D eigenvalue weighted by Gasteiger charge is 2.31. The fourth-order valence-corrected chi connectivity index (χ4v) is 5.44. The van der Waals surface area contributed by atoms with Crippen LogP contribution in [0, 0.1) is 5.92 Å². The molecule has 1 aromatic rings. The molecular formula is C19H28N2O4S. The molecule has 2 aliphatic rings. The molecule has 2 fully saturated rings. The predicted molar refractivity (Wildman–Crippen MR) is 102 cm³/mol. The Labute approximate surface area is 155 Å². The summed E-state index contributed by atoms with van der Waals surface area (Å²) in [6, 6.07) is 6.90. The summed E-state index contributed by atoms with van der Waals surface area (Å²) in [4.78, 5) is 11.9. The molecule has 2 N–H and O–H groups in total. The van der Waals surface area contributed by atoms with Crippen LogP contribution in [0.4, 0.5) is 10.5 Å². The molecule has 1 aromatic carbocycles. The Morgan fingerprint density at radius 2 is 1.77 bits per heavy atom. The molecule has 0 bridgehead atoms. The summed E-state index contributed by atoms with van der Waals surface area (Å²) in [5.41, 5.74) is 0.654. The first-order chi connectivity index (χ1) is 12.5. The van der Waals surface area contributed by atoms with Gasteiger partial charge in [0, 0.05) is 12.2 Å². The zero-order valence-corrected chi connectivity index (χ0v) is 15.9. The van der Waals surface area contributed by atoms with Gasteiger partial charge in [-0.2, -0.15) is 0 Å². The minimum absolute atomic E-state index is 0.163. The molecule has 1 aliphatic heterocycles. The van der Waals surface area contributed by atoms with Crippen LogP contribution in [-0.4, -0.2) is 38.6 Å². The van der Waals surface area contributed by atoms with Gasteiger partial charge in [-0.1, -0.05) is 19.3 Å². The van der Waals surface area contributed by atoms with Gasteiger partial charge in [-0.15, -0.1) is 0 Å². The quantitative estimate of drug-likeness (QED) is 0.793. The van der Waals surface area contributed by atoms with Crippen LogP contribution in [-0.2, 0) is 9.84 Å². The van der Waals surface area contributed by atoms with Crippen LogP contribution >= 0.6 is 0 Å². The molecule has 1 unspecified atom stereocenters. The Balaban J connectivity index is 1.41. The minimum atomic E-state index is -3.04. The van der Waals surface area contributed by atoms with Gasteiger partial charge in [0.2, 0.25) is 0 Å². The Bertz CT molecular complexity index is 697. The van der Waals surface area contributed by atoms with Crippen molar-refractivity contribution >= 4 is 21.6 Å². The molecule has 1 aliphatic carbocycles. The largest absolute Gasteiger partial charge is 0.493 e. The molecule has 6 nitrogen and oxygen atoms in total. The van der Waals surface area contributed by atoms with Gasteiger partial charge >= 0.3 is 6.03 Å². The predicted octanol–water partition coefficient (Wildman–Crippen LogP) is 3.34. The SMILES string of the molecule is O=C(NCC1CCCS1(=O)=O)Nc1ccc(OCC2CCCCC2)cc1. The summed E-state index contributed by atoms with van der Waals surface area (Å²) in [7, 11) is -3.04. The monoisotopic (exact) mass is 380 g/mol. The number of carbonyl (C=O) groups excluding carboxylic acids is 1. The zero-order chi connectivity index (χ0) is 18.4. The van der Waals surface area contributed by atoms with Crippen molar-refractivity contribution < 1.29 is 17.9 Å². The molecule has 0 aromatic heterocycles. The van der Waals surface area contributed by atoms with E-state index in [1.54, 1.807) is 12.1 Å². The molecule has 1 atom stereocenters. The number of nitrogens with one attached hydrogen (secondary N) is 2. The number of anilines is 1. The Kier molecular flexibility index (Phi) is 6.40.